The first-order valence-electron chi connectivity index (χ1n) is 22.7. The first kappa shape index (κ1) is 37.3. The summed E-state index contributed by atoms with van der Waals surface area (Å²) in [5, 5.41) is 10.1. The van der Waals surface area contributed by atoms with E-state index in [0.717, 1.165) is 57.7 Å². The third kappa shape index (κ3) is 5.43. The van der Waals surface area contributed by atoms with E-state index in [-0.39, 0.29) is 10.8 Å². The summed E-state index contributed by atoms with van der Waals surface area (Å²) in [6, 6.07) is 60.4. The fraction of sp³-hybridized carbons (Fsp3) is 0.153. The van der Waals surface area contributed by atoms with Crippen molar-refractivity contribution < 1.29 is 4.42 Å². The highest BCUT2D eigenvalue weighted by molar-refractivity contribution is 6.74. The van der Waals surface area contributed by atoms with Gasteiger partial charge in [-0.2, -0.15) is 0 Å². The average Bonchev–Trinajstić information content (AvgIpc) is 4.00. The molecular formula is C59H47BN3O. The largest absolute Gasteiger partial charge is 0.456 e. The van der Waals surface area contributed by atoms with Crippen molar-refractivity contribution in [2.45, 2.75) is 58.3 Å². The first-order valence-corrected chi connectivity index (χ1v) is 22.7. The molecule has 0 saturated carbocycles. The van der Waals surface area contributed by atoms with Crippen LogP contribution < -0.4 is 16.2 Å². The van der Waals surface area contributed by atoms with E-state index >= 15 is 0 Å². The number of rotatable bonds is 5. The Hall–Kier alpha value is -7.24. The summed E-state index contributed by atoms with van der Waals surface area (Å²) >= 11 is 0. The van der Waals surface area contributed by atoms with Crippen LogP contribution in [0.3, 0.4) is 0 Å². The summed E-state index contributed by atoms with van der Waals surface area (Å²) in [5.41, 5.74) is 20.1. The predicted molar refractivity (Wildman–Crippen MR) is 271 cm³/mol. The van der Waals surface area contributed by atoms with Crippen molar-refractivity contribution in [3.8, 4) is 33.8 Å². The molecule has 4 nitrogen and oxygen atoms in total. The van der Waals surface area contributed by atoms with E-state index in [1.165, 1.54) is 82.6 Å². The number of furan rings is 1. The second-order valence-corrected chi connectivity index (χ2v) is 19.6. The standard InChI is InChI=1S/C59H47BN3O/c1-35-23-25-38(26-24-35)61-47-33-45-44(58(2,3)27-28-59(45,4)5)31-42(47)43-32-52(62-48-20-12-9-17-39(48)40-18-10-13-21-49(40)62)55-41-19-11-14-22-50(41)63-51-29-37-30-53(36-15-7-6-8-16-36)64-54(37)34-46(51)60-56(43)57(55)63/h6-26,29-34,61H,27-28H2,1-5H3. The molecule has 3 aromatic heterocycles. The minimum atomic E-state index is 0.00551. The molecule has 11 aromatic rings. The molecular weight excluding hydrogens is 777 g/mol. The van der Waals surface area contributed by atoms with Gasteiger partial charge in [-0.25, -0.2) is 0 Å². The van der Waals surface area contributed by atoms with E-state index in [9.17, 15) is 0 Å². The zero-order valence-electron chi connectivity index (χ0n) is 36.9. The number of nitrogens with one attached hydrogen (secondary N) is 1. The number of hydrogen-bond donors (Lipinski definition) is 1. The van der Waals surface area contributed by atoms with Gasteiger partial charge in [0.25, 0.3) is 0 Å². The Balaban J connectivity index is 1.19. The van der Waals surface area contributed by atoms with Crippen LogP contribution in [0.2, 0.25) is 0 Å². The van der Waals surface area contributed by atoms with Crippen molar-refractivity contribution in [1.82, 2.24) is 9.13 Å². The number of aromatic nitrogens is 2. The maximum Gasteiger partial charge on any atom is 0.198 e. The van der Waals surface area contributed by atoms with E-state index in [1.807, 2.05) is 0 Å². The van der Waals surface area contributed by atoms with Crippen LogP contribution in [0.25, 0.3) is 88.4 Å². The molecule has 5 heteroatoms. The van der Waals surface area contributed by atoms with Crippen LogP contribution in [0.5, 0.6) is 0 Å². The van der Waals surface area contributed by atoms with Gasteiger partial charge in [-0.05, 0) is 119 Å². The molecule has 0 fully saturated rings. The highest BCUT2D eigenvalue weighted by Crippen LogP contribution is 2.50. The van der Waals surface area contributed by atoms with E-state index in [4.69, 9.17) is 4.42 Å². The quantitative estimate of drug-likeness (QED) is 0.176. The van der Waals surface area contributed by atoms with Gasteiger partial charge in [-0.1, -0.05) is 136 Å². The smallest absolute Gasteiger partial charge is 0.198 e. The monoisotopic (exact) mass is 824 g/mol. The van der Waals surface area contributed by atoms with Crippen LogP contribution in [-0.4, -0.2) is 16.4 Å². The molecule has 1 aliphatic carbocycles. The van der Waals surface area contributed by atoms with Gasteiger partial charge < -0.3 is 18.9 Å². The summed E-state index contributed by atoms with van der Waals surface area (Å²) in [5.74, 6) is 0.874. The maximum atomic E-state index is 6.67. The highest BCUT2D eigenvalue weighted by Gasteiger charge is 2.39. The number of hydrogen-bond acceptors (Lipinski definition) is 2. The molecule has 0 saturated heterocycles. The Morgan fingerprint density at radius 2 is 1.17 bits per heavy atom. The van der Waals surface area contributed by atoms with Crippen LogP contribution in [0, 0.1) is 6.92 Å². The summed E-state index contributed by atoms with van der Waals surface area (Å²) < 4.78 is 11.7. The minimum Gasteiger partial charge on any atom is -0.456 e. The number of nitrogens with zero attached hydrogens (tertiary/aromatic N) is 2. The third-order valence-corrected chi connectivity index (χ3v) is 14.7. The Labute approximate surface area is 374 Å². The molecule has 0 amide bonds. The summed E-state index contributed by atoms with van der Waals surface area (Å²) in [6.07, 6.45) is 2.27. The lowest BCUT2D eigenvalue weighted by molar-refractivity contribution is 0.332. The van der Waals surface area contributed by atoms with Gasteiger partial charge in [0.05, 0.1) is 27.8 Å². The van der Waals surface area contributed by atoms with Crippen LogP contribution in [0.4, 0.5) is 11.4 Å². The lowest BCUT2D eigenvalue weighted by atomic mass is 9.58. The van der Waals surface area contributed by atoms with Gasteiger partial charge in [-0.3, -0.25) is 0 Å². The second kappa shape index (κ2) is 13.4. The van der Waals surface area contributed by atoms with Crippen molar-refractivity contribution in [1.29, 1.82) is 0 Å². The van der Waals surface area contributed by atoms with E-state index in [1.54, 1.807) is 0 Å². The molecule has 1 radical (unpaired) electrons. The molecule has 0 spiro atoms. The van der Waals surface area contributed by atoms with Crippen LogP contribution in [0.1, 0.15) is 57.2 Å². The first-order chi connectivity index (χ1) is 31.1. The number of para-hydroxylation sites is 3. The second-order valence-electron chi connectivity index (χ2n) is 19.6. The SMILES string of the molecule is Cc1ccc(Nc2cc3c(cc2-c2cc(-n4c5ccccc5c5ccccc54)c4c5ccccc5n5c4c2[B]c2cc4oc(-c6ccccc6)cc4cc2-5)C(C)(C)CCC3(C)C)cc1. The van der Waals surface area contributed by atoms with Crippen molar-refractivity contribution >= 4 is 84.2 Å². The molecule has 4 heterocycles. The lowest BCUT2D eigenvalue weighted by Crippen LogP contribution is -2.38. The van der Waals surface area contributed by atoms with Gasteiger partial charge in [0, 0.05) is 55.1 Å². The van der Waals surface area contributed by atoms with Gasteiger partial charge >= 0.3 is 0 Å². The van der Waals surface area contributed by atoms with E-state index < -0.39 is 0 Å². The molecule has 0 unspecified atom stereocenters. The van der Waals surface area contributed by atoms with Gasteiger partial charge in [-0.15, -0.1) is 0 Å². The Morgan fingerprint density at radius 3 is 1.86 bits per heavy atom. The number of benzene rings is 8. The van der Waals surface area contributed by atoms with Crippen LogP contribution >= 0.6 is 0 Å². The third-order valence-electron chi connectivity index (χ3n) is 14.7. The van der Waals surface area contributed by atoms with Gasteiger partial charge in [0.2, 0.25) is 0 Å². The predicted octanol–water partition coefficient (Wildman–Crippen LogP) is 14.3. The van der Waals surface area contributed by atoms with Crippen LogP contribution in [0.15, 0.2) is 168 Å². The molecule has 8 aromatic carbocycles. The van der Waals surface area contributed by atoms with E-state index in [0.29, 0.717) is 0 Å². The van der Waals surface area contributed by atoms with Crippen molar-refractivity contribution in [3.63, 3.8) is 0 Å². The summed E-state index contributed by atoms with van der Waals surface area (Å²) in [7, 11) is 2.44. The van der Waals surface area contributed by atoms with Gasteiger partial charge in [0.15, 0.2) is 7.28 Å². The zero-order chi connectivity index (χ0) is 43.1. The van der Waals surface area contributed by atoms with Crippen molar-refractivity contribution in [3.05, 3.63) is 180 Å². The topological polar surface area (TPSA) is 35.0 Å². The fourth-order valence-electron chi connectivity index (χ4n) is 11.2. The fourth-order valence-corrected chi connectivity index (χ4v) is 11.2. The number of anilines is 2. The number of fused-ring (bicyclic) bond motifs is 10. The molecule has 13 rings (SSSR count). The normalized spacial score (nSPS) is 14.9. The lowest BCUT2D eigenvalue weighted by Gasteiger charge is -2.42. The summed E-state index contributed by atoms with van der Waals surface area (Å²) in [6.45, 7) is 11.9. The number of aryl methyl sites for hydroxylation is 1. The van der Waals surface area contributed by atoms with E-state index in [2.05, 4.69) is 220 Å². The molecule has 0 bridgehead atoms. The Kier molecular flexibility index (Phi) is 7.81. The molecule has 0 atom stereocenters. The maximum absolute atomic E-state index is 6.67. The zero-order valence-corrected chi connectivity index (χ0v) is 36.9. The minimum absolute atomic E-state index is 0.00551. The molecule has 64 heavy (non-hydrogen) atoms. The Bertz CT molecular complexity index is 3680. The summed E-state index contributed by atoms with van der Waals surface area (Å²) in [4.78, 5) is 0. The highest BCUT2D eigenvalue weighted by atomic mass is 16.3. The average molecular weight is 825 g/mol. The van der Waals surface area contributed by atoms with Crippen LogP contribution in [-0.2, 0) is 10.8 Å². The van der Waals surface area contributed by atoms with Gasteiger partial charge in [0.1, 0.15) is 11.3 Å². The molecule has 1 N–H and O–H groups in total. The molecule has 2 aliphatic rings. The van der Waals surface area contributed by atoms with Crippen molar-refractivity contribution in [2.75, 3.05) is 5.32 Å². The van der Waals surface area contributed by atoms with Crippen molar-refractivity contribution in [2.24, 2.45) is 0 Å². The molecule has 307 valence electrons. The Morgan fingerprint density at radius 1 is 0.562 bits per heavy atom. The molecule has 1 aliphatic heterocycles.